The van der Waals surface area contributed by atoms with Crippen molar-refractivity contribution in [2.75, 3.05) is 40.4 Å². The molecular formula is C11H18N2O3. The Balaban J connectivity index is 2.13. The average Bonchev–Trinajstić information content (AvgIpc) is 2.79. The molecule has 0 radical (unpaired) electrons. The van der Waals surface area contributed by atoms with Gasteiger partial charge in [-0.15, -0.1) is 0 Å². The lowest BCUT2D eigenvalue weighted by atomic mass is 10.4. The van der Waals surface area contributed by atoms with Crippen LogP contribution in [-0.4, -0.2) is 51.2 Å². The number of rotatable bonds is 7. The van der Waals surface area contributed by atoms with Crippen molar-refractivity contribution in [1.29, 1.82) is 0 Å². The summed E-state index contributed by atoms with van der Waals surface area (Å²) in [5.74, 6) is 0.171. The van der Waals surface area contributed by atoms with E-state index in [0.717, 1.165) is 13.1 Å². The van der Waals surface area contributed by atoms with Crippen molar-refractivity contribution < 1.29 is 13.9 Å². The molecule has 0 fully saturated rings. The van der Waals surface area contributed by atoms with Crippen molar-refractivity contribution in [2.45, 2.75) is 0 Å². The first-order chi connectivity index (χ1) is 7.74. The van der Waals surface area contributed by atoms with E-state index in [4.69, 9.17) is 9.15 Å². The largest absolute Gasteiger partial charge is 0.459 e. The third-order valence-electron chi connectivity index (χ3n) is 2.20. The normalized spacial score (nSPS) is 10.7. The minimum atomic E-state index is -0.176. The zero-order valence-electron chi connectivity index (χ0n) is 9.73. The number of ether oxygens (including phenoxy) is 1. The first-order valence-corrected chi connectivity index (χ1v) is 5.23. The number of methoxy groups -OCH3 is 1. The fourth-order valence-electron chi connectivity index (χ4n) is 1.21. The van der Waals surface area contributed by atoms with Crippen molar-refractivity contribution in [2.24, 2.45) is 0 Å². The Morgan fingerprint density at radius 1 is 1.56 bits per heavy atom. The molecule has 5 heteroatoms. The number of furan rings is 1. The Hall–Kier alpha value is -1.33. The van der Waals surface area contributed by atoms with E-state index in [2.05, 4.69) is 10.2 Å². The summed E-state index contributed by atoms with van der Waals surface area (Å²) in [6, 6.07) is 3.34. The fraction of sp³-hybridized carbons (Fsp3) is 0.545. The first-order valence-electron chi connectivity index (χ1n) is 5.23. The predicted octanol–water partition coefficient (Wildman–Crippen LogP) is 0.588. The van der Waals surface area contributed by atoms with E-state index < -0.39 is 0 Å². The Labute approximate surface area is 95.4 Å². The van der Waals surface area contributed by atoms with Gasteiger partial charge in [-0.3, -0.25) is 4.79 Å². The van der Waals surface area contributed by atoms with E-state index in [1.165, 1.54) is 6.26 Å². The van der Waals surface area contributed by atoms with Crippen LogP contribution in [0.2, 0.25) is 0 Å². The molecule has 0 aliphatic carbocycles. The van der Waals surface area contributed by atoms with E-state index in [1.807, 2.05) is 7.05 Å². The minimum absolute atomic E-state index is 0.176. The van der Waals surface area contributed by atoms with Crippen LogP contribution in [0.1, 0.15) is 10.6 Å². The van der Waals surface area contributed by atoms with Crippen LogP contribution in [0.4, 0.5) is 0 Å². The maximum atomic E-state index is 11.5. The lowest BCUT2D eigenvalue weighted by molar-refractivity contribution is 0.0920. The van der Waals surface area contributed by atoms with E-state index in [-0.39, 0.29) is 5.91 Å². The lowest BCUT2D eigenvalue weighted by Crippen LogP contribution is -2.34. The molecule has 90 valence electrons. The second-order valence-electron chi connectivity index (χ2n) is 3.53. The van der Waals surface area contributed by atoms with Gasteiger partial charge in [-0.25, -0.2) is 0 Å². The monoisotopic (exact) mass is 226 g/mol. The molecule has 0 unspecified atom stereocenters. The zero-order valence-corrected chi connectivity index (χ0v) is 9.73. The quantitative estimate of drug-likeness (QED) is 0.739. The molecule has 5 nitrogen and oxygen atoms in total. The van der Waals surface area contributed by atoms with E-state index in [0.29, 0.717) is 18.9 Å². The van der Waals surface area contributed by atoms with Gasteiger partial charge in [0.1, 0.15) is 0 Å². The molecule has 0 aliphatic rings. The van der Waals surface area contributed by atoms with Crippen LogP contribution in [0.5, 0.6) is 0 Å². The standard InChI is InChI=1S/C11H18N2O3/c1-13(7-9-15-2)6-5-12-11(14)10-4-3-8-16-10/h3-4,8H,5-7,9H2,1-2H3,(H,12,14). The maximum Gasteiger partial charge on any atom is 0.287 e. The maximum absolute atomic E-state index is 11.5. The number of hydrogen-bond donors (Lipinski definition) is 1. The molecule has 1 rings (SSSR count). The lowest BCUT2D eigenvalue weighted by Gasteiger charge is -2.15. The van der Waals surface area contributed by atoms with Gasteiger partial charge in [-0.2, -0.15) is 0 Å². The van der Waals surface area contributed by atoms with E-state index in [9.17, 15) is 4.79 Å². The Morgan fingerprint density at radius 3 is 3.00 bits per heavy atom. The smallest absolute Gasteiger partial charge is 0.287 e. The summed E-state index contributed by atoms with van der Waals surface area (Å²) >= 11 is 0. The predicted molar refractivity (Wildman–Crippen MR) is 60.4 cm³/mol. The summed E-state index contributed by atoms with van der Waals surface area (Å²) in [6.45, 7) is 2.94. The molecule has 0 saturated carbocycles. The van der Waals surface area contributed by atoms with Crippen molar-refractivity contribution in [3.8, 4) is 0 Å². The van der Waals surface area contributed by atoms with Crippen molar-refractivity contribution >= 4 is 5.91 Å². The number of carbonyl (C=O) groups is 1. The summed E-state index contributed by atoms with van der Waals surface area (Å²) < 4.78 is 9.93. The van der Waals surface area contributed by atoms with Gasteiger partial charge in [0.15, 0.2) is 5.76 Å². The topological polar surface area (TPSA) is 54.7 Å². The van der Waals surface area contributed by atoms with Crippen LogP contribution in [0.15, 0.2) is 22.8 Å². The van der Waals surface area contributed by atoms with Gasteiger partial charge in [-0.1, -0.05) is 0 Å². The number of nitrogens with one attached hydrogen (secondary N) is 1. The molecule has 1 aromatic heterocycles. The molecule has 0 atom stereocenters. The highest BCUT2D eigenvalue weighted by molar-refractivity contribution is 5.91. The Kier molecular flexibility index (Phi) is 5.60. The molecule has 1 amide bonds. The van der Waals surface area contributed by atoms with Crippen LogP contribution in [0.3, 0.4) is 0 Å². The van der Waals surface area contributed by atoms with Crippen molar-refractivity contribution in [1.82, 2.24) is 10.2 Å². The van der Waals surface area contributed by atoms with Crippen molar-refractivity contribution in [3.63, 3.8) is 0 Å². The van der Waals surface area contributed by atoms with Gasteiger partial charge in [0.25, 0.3) is 5.91 Å². The van der Waals surface area contributed by atoms with Gasteiger partial charge < -0.3 is 19.4 Å². The molecular weight excluding hydrogens is 208 g/mol. The third-order valence-corrected chi connectivity index (χ3v) is 2.20. The highest BCUT2D eigenvalue weighted by atomic mass is 16.5. The Bertz CT molecular complexity index is 298. The Morgan fingerprint density at radius 2 is 2.38 bits per heavy atom. The summed E-state index contributed by atoms with van der Waals surface area (Å²) in [5, 5.41) is 2.78. The summed E-state index contributed by atoms with van der Waals surface area (Å²) in [6.07, 6.45) is 1.49. The fourth-order valence-corrected chi connectivity index (χ4v) is 1.21. The highest BCUT2D eigenvalue weighted by Gasteiger charge is 2.07. The summed E-state index contributed by atoms with van der Waals surface area (Å²) in [7, 11) is 3.66. The average molecular weight is 226 g/mol. The first kappa shape index (κ1) is 12.7. The van der Waals surface area contributed by atoms with Gasteiger partial charge >= 0.3 is 0 Å². The van der Waals surface area contributed by atoms with Gasteiger partial charge in [-0.05, 0) is 19.2 Å². The second-order valence-corrected chi connectivity index (χ2v) is 3.53. The summed E-state index contributed by atoms with van der Waals surface area (Å²) in [5.41, 5.74) is 0. The van der Waals surface area contributed by atoms with Crippen LogP contribution >= 0.6 is 0 Å². The van der Waals surface area contributed by atoms with Gasteiger partial charge in [0, 0.05) is 26.7 Å². The molecule has 0 aliphatic heterocycles. The molecule has 16 heavy (non-hydrogen) atoms. The summed E-state index contributed by atoms with van der Waals surface area (Å²) in [4.78, 5) is 13.5. The van der Waals surface area contributed by atoms with E-state index >= 15 is 0 Å². The van der Waals surface area contributed by atoms with Crippen LogP contribution in [-0.2, 0) is 4.74 Å². The number of likely N-dealkylation sites (N-methyl/N-ethyl adjacent to an activating group) is 1. The third kappa shape index (κ3) is 4.46. The number of carbonyl (C=O) groups excluding carboxylic acids is 1. The number of amides is 1. The number of hydrogen-bond acceptors (Lipinski definition) is 4. The van der Waals surface area contributed by atoms with E-state index in [1.54, 1.807) is 19.2 Å². The molecule has 1 N–H and O–H groups in total. The highest BCUT2D eigenvalue weighted by Crippen LogP contribution is 1.98. The molecule has 0 bridgehead atoms. The SMILES string of the molecule is COCCN(C)CCNC(=O)c1ccco1. The molecule has 1 heterocycles. The van der Waals surface area contributed by atoms with Gasteiger partial charge in [0.05, 0.1) is 12.9 Å². The minimum Gasteiger partial charge on any atom is -0.459 e. The molecule has 0 spiro atoms. The van der Waals surface area contributed by atoms with Crippen LogP contribution < -0.4 is 5.32 Å². The van der Waals surface area contributed by atoms with Crippen LogP contribution in [0.25, 0.3) is 0 Å². The second kappa shape index (κ2) is 7.03. The van der Waals surface area contributed by atoms with Gasteiger partial charge in [0.2, 0.25) is 0 Å². The zero-order chi connectivity index (χ0) is 11.8. The van der Waals surface area contributed by atoms with Crippen LogP contribution in [0, 0.1) is 0 Å². The molecule has 1 aromatic rings. The number of nitrogens with zero attached hydrogens (tertiary/aromatic N) is 1. The molecule has 0 aromatic carbocycles. The van der Waals surface area contributed by atoms with Crippen molar-refractivity contribution in [3.05, 3.63) is 24.2 Å². The molecule has 0 saturated heterocycles.